The second kappa shape index (κ2) is 6.97. The van der Waals surface area contributed by atoms with Crippen molar-refractivity contribution in [2.24, 2.45) is 39.6 Å². The molecular formula is C21H26N4O2. The monoisotopic (exact) mass is 366 g/mol. The fraction of sp³-hybridized carbons (Fsp3) is 0.571. The lowest BCUT2D eigenvalue weighted by Crippen LogP contribution is -2.57. The van der Waals surface area contributed by atoms with E-state index in [0.29, 0.717) is 24.4 Å². The van der Waals surface area contributed by atoms with Crippen LogP contribution in [0.1, 0.15) is 37.7 Å². The number of carbonyl (C=O) groups is 1. The van der Waals surface area contributed by atoms with Crippen LogP contribution in [0.25, 0.3) is 0 Å². The molecule has 4 saturated carbocycles. The van der Waals surface area contributed by atoms with E-state index in [-0.39, 0.29) is 23.2 Å². The van der Waals surface area contributed by atoms with E-state index in [0.717, 1.165) is 37.7 Å². The van der Waals surface area contributed by atoms with Gasteiger partial charge in [0.25, 0.3) is 0 Å². The highest BCUT2D eigenvalue weighted by Crippen LogP contribution is 2.60. The predicted octanol–water partition coefficient (Wildman–Crippen LogP) is 2.13. The number of carbonyl (C=O) groups excluding carboxylic acids is 1. The maximum Gasteiger partial charge on any atom is 0.223 e. The Labute approximate surface area is 159 Å². The maximum absolute atomic E-state index is 12.1. The van der Waals surface area contributed by atoms with E-state index in [9.17, 15) is 10.1 Å². The van der Waals surface area contributed by atoms with E-state index in [4.69, 9.17) is 21.2 Å². The zero-order chi connectivity index (χ0) is 19.0. The summed E-state index contributed by atoms with van der Waals surface area (Å²) in [5.41, 5.74) is 12.6. The van der Waals surface area contributed by atoms with E-state index >= 15 is 0 Å². The molecule has 27 heavy (non-hydrogen) atoms. The number of hydrogen-bond acceptors (Lipinski definition) is 4. The van der Waals surface area contributed by atoms with Gasteiger partial charge in [0.05, 0.1) is 12.6 Å². The Morgan fingerprint density at radius 3 is 2.48 bits per heavy atom. The summed E-state index contributed by atoms with van der Waals surface area (Å²) in [4.78, 5) is 16.8. The van der Waals surface area contributed by atoms with Crippen LogP contribution in [0.2, 0.25) is 0 Å². The molecule has 4 N–H and O–H groups in total. The van der Waals surface area contributed by atoms with Crippen LogP contribution in [0.5, 0.6) is 0 Å². The summed E-state index contributed by atoms with van der Waals surface area (Å²) in [6.07, 6.45) is 3.84. The molecule has 6 nitrogen and oxygen atoms in total. The summed E-state index contributed by atoms with van der Waals surface area (Å²) in [6.45, 7) is 0.319. The Morgan fingerprint density at radius 1 is 1.22 bits per heavy atom. The van der Waals surface area contributed by atoms with Crippen molar-refractivity contribution in [1.29, 1.82) is 5.26 Å². The summed E-state index contributed by atoms with van der Waals surface area (Å²) in [6, 6.07) is 11.9. The second-order valence-electron chi connectivity index (χ2n) is 8.46. The Bertz CT molecular complexity index is 769. The summed E-state index contributed by atoms with van der Waals surface area (Å²) >= 11 is 0. The molecule has 4 aliphatic rings. The van der Waals surface area contributed by atoms with E-state index in [1.165, 1.54) is 0 Å². The van der Waals surface area contributed by atoms with Gasteiger partial charge >= 0.3 is 0 Å². The zero-order valence-corrected chi connectivity index (χ0v) is 15.4. The molecule has 0 heterocycles. The number of ether oxygens (including phenoxy) is 1. The molecule has 0 radical (unpaired) electrons. The van der Waals surface area contributed by atoms with Crippen LogP contribution in [0.15, 0.2) is 35.3 Å². The van der Waals surface area contributed by atoms with Crippen molar-refractivity contribution >= 4 is 11.7 Å². The summed E-state index contributed by atoms with van der Waals surface area (Å²) in [5.74, 6) is 1.33. The van der Waals surface area contributed by atoms with Gasteiger partial charge in [-0.2, -0.15) is 5.26 Å². The second-order valence-corrected chi connectivity index (χ2v) is 8.46. The topological polar surface area (TPSA) is 114 Å². The fourth-order valence-electron chi connectivity index (χ4n) is 5.69. The molecule has 142 valence electrons. The number of benzene rings is 1. The molecule has 5 rings (SSSR count). The van der Waals surface area contributed by atoms with Gasteiger partial charge in [0, 0.05) is 5.41 Å². The van der Waals surface area contributed by atoms with Gasteiger partial charge < -0.3 is 16.2 Å². The third-order valence-electron chi connectivity index (χ3n) is 6.69. The van der Waals surface area contributed by atoms with Crippen LogP contribution in [-0.2, 0) is 16.1 Å². The van der Waals surface area contributed by atoms with Crippen molar-refractivity contribution in [1.82, 2.24) is 0 Å². The van der Waals surface area contributed by atoms with Gasteiger partial charge in [-0.1, -0.05) is 30.3 Å². The SMILES string of the molecule is N#CC(OCc1ccccc1)C(N)=NC1C2CC3CC1CC(C(N)=O)(C3)C2. The Balaban J connectivity index is 1.46. The minimum Gasteiger partial charge on any atom is -0.384 e. The number of amides is 1. The minimum atomic E-state index is -0.854. The van der Waals surface area contributed by atoms with Crippen LogP contribution in [-0.4, -0.2) is 23.9 Å². The molecular weight excluding hydrogens is 340 g/mol. The van der Waals surface area contributed by atoms with Crippen LogP contribution < -0.4 is 11.5 Å². The molecule has 1 aromatic carbocycles. The van der Waals surface area contributed by atoms with Crippen molar-refractivity contribution in [3.63, 3.8) is 0 Å². The number of nitriles is 1. The van der Waals surface area contributed by atoms with Crippen molar-refractivity contribution in [2.75, 3.05) is 0 Å². The molecule has 0 aliphatic heterocycles. The van der Waals surface area contributed by atoms with Crippen LogP contribution in [0.4, 0.5) is 0 Å². The molecule has 0 aromatic heterocycles. The van der Waals surface area contributed by atoms with E-state index in [1.54, 1.807) is 0 Å². The number of rotatable bonds is 6. The van der Waals surface area contributed by atoms with Gasteiger partial charge in [-0.3, -0.25) is 9.79 Å². The number of aliphatic imine (C=N–C) groups is 1. The first-order valence-electron chi connectivity index (χ1n) is 9.69. The molecule has 0 saturated heterocycles. The quantitative estimate of drug-likeness (QED) is 0.593. The van der Waals surface area contributed by atoms with Gasteiger partial charge in [0.1, 0.15) is 11.9 Å². The predicted molar refractivity (Wildman–Crippen MR) is 101 cm³/mol. The maximum atomic E-state index is 12.1. The molecule has 6 heteroatoms. The van der Waals surface area contributed by atoms with Gasteiger partial charge in [-0.15, -0.1) is 0 Å². The molecule has 4 bridgehead atoms. The summed E-state index contributed by atoms with van der Waals surface area (Å²) in [5, 5.41) is 9.47. The number of nitrogens with zero attached hydrogens (tertiary/aromatic N) is 2. The van der Waals surface area contributed by atoms with Crippen molar-refractivity contribution in [2.45, 2.75) is 50.9 Å². The first kappa shape index (κ1) is 18.0. The smallest absolute Gasteiger partial charge is 0.223 e. The molecule has 1 aromatic rings. The lowest BCUT2D eigenvalue weighted by atomic mass is 9.48. The van der Waals surface area contributed by atoms with Crippen molar-refractivity contribution in [3.05, 3.63) is 35.9 Å². The fourth-order valence-corrected chi connectivity index (χ4v) is 5.69. The lowest BCUT2D eigenvalue weighted by Gasteiger charge is -2.57. The highest BCUT2D eigenvalue weighted by molar-refractivity contribution is 5.87. The first-order chi connectivity index (χ1) is 13.0. The standard InChI is InChI=1S/C21H26N4O2/c22-11-17(27-12-13-4-2-1-3-5-13)19(23)25-18-15-6-14-7-16(18)10-21(8-14,9-15)20(24)26/h1-5,14-18H,6-10,12H2,(H2,23,25)(H2,24,26). The van der Waals surface area contributed by atoms with Crippen LogP contribution in [0.3, 0.4) is 0 Å². The number of amidine groups is 1. The van der Waals surface area contributed by atoms with Gasteiger partial charge in [-0.05, 0) is 55.4 Å². The molecule has 4 aliphatic carbocycles. The molecule has 1 amide bonds. The molecule has 3 atom stereocenters. The van der Waals surface area contributed by atoms with Crippen LogP contribution in [0, 0.1) is 34.5 Å². The van der Waals surface area contributed by atoms with Crippen molar-refractivity contribution < 1.29 is 9.53 Å². The Kier molecular flexibility index (Phi) is 4.65. The number of primary amides is 1. The van der Waals surface area contributed by atoms with E-state index in [2.05, 4.69) is 6.07 Å². The Morgan fingerprint density at radius 2 is 1.89 bits per heavy atom. The van der Waals surface area contributed by atoms with Gasteiger partial charge in [0.15, 0.2) is 0 Å². The van der Waals surface area contributed by atoms with Gasteiger partial charge in [0.2, 0.25) is 12.0 Å². The molecule has 4 fully saturated rings. The Hall–Kier alpha value is -2.39. The number of hydrogen-bond donors (Lipinski definition) is 2. The molecule has 0 spiro atoms. The number of nitrogens with two attached hydrogens (primary N) is 2. The normalized spacial score (nSPS) is 35.6. The largest absolute Gasteiger partial charge is 0.384 e. The third-order valence-corrected chi connectivity index (χ3v) is 6.69. The minimum absolute atomic E-state index is 0.0743. The van der Waals surface area contributed by atoms with E-state index in [1.807, 2.05) is 30.3 Å². The third kappa shape index (κ3) is 3.32. The average molecular weight is 366 g/mol. The van der Waals surface area contributed by atoms with Gasteiger partial charge in [-0.25, -0.2) is 0 Å². The summed E-state index contributed by atoms with van der Waals surface area (Å²) in [7, 11) is 0. The molecule has 3 unspecified atom stereocenters. The van der Waals surface area contributed by atoms with Crippen LogP contribution >= 0.6 is 0 Å². The average Bonchev–Trinajstić information content (AvgIpc) is 2.65. The zero-order valence-electron chi connectivity index (χ0n) is 15.4. The highest BCUT2D eigenvalue weighted by Gasteiger charge is 2.58. The van der Waals surface area contributed by atoms with E-state index < -0.39 is 6.10 Å². The van der Waals surface area contributed by atoms with Crippen molar-refractivity contribution in [3.8, 4) is 6.07 Å². The first-order valence-corrected chi connectivity index (χ1v) is 9.69. The highest BCUT2D eigenvalue weighted by atomic mass is 16.5. The lowest BCUT2D eigenvalue weighted by molar-refractivity contribution is -0.144. The summed E-state index contributed by atoms with van der Waals surface area (Å²) < 4.78 is 5.70.